The minimum atomic E-state index is -0.216. The first-order chi connectivity index (χ1) is 4.25. The minimum absolute atomic E-state index is 0.0922. The van der Waals surface area contributed by atoms with Gasteiger partial charge in [-0.05, 0) is 6.92 Å². The fraction of sp³-hybridized carbons (Fsp3) is 0.667. The van der Waals surface area contributed by atoms with E-state index in [2.05, 4.69) is 0 Å². The Kier molecular flexibility index (Phi) is 1.51. The maximum atomic E-state index is 10.6. The lowest BCUT2D eigenvalue weighted by Crippen LogP contribution is -2.49. The molecule has 0 saturated carbocycles. The van der Waals surface area contributed by atoms with E-state index in [0.717, 1.165) is 12.8 Å². The zero-order valence-electron chi connectivity index (χ0n) is 5.33. The van der Waals surface area contributed by atoms with E-state index in [1.165, 1.54) is 0 Å². The molecular formula is C6H9NO2. The fourth-order valence-electron chi connectivity index (χ4n) is 0.836. The lowest BCUT2D eigenvalue weighted by atomic mass is 10.1. The maximum absolute atomic E-state index is 10.6. The summed E-state index contributed by atoms with van der Waals surface area (Å²) in [6.45, 7) is 2.48. The molecule has 1 aliphatic rings. The molecule has 0 aromatic heterocycles. The van der Waals surface area contributed by atoms with Crippen molar-refractivity contribution in [3.63, 3.8) is 0 Å². The van der Waals surface area contributed by atoms with E-state index in [0.29, 0.717) is 6.42 Å². The third-order valence-electron chi connectivity index (χ3n) is 1.58. The van der Waals surface area contributed by atoms with Gasteiger partial charge >= 0.3 is 0 Å². The first-order valence-electron chi connectivity index (χ1n) is 3.00. The normalized spacial score (nSPS) is 21.0. The molecule has 0 unspecified atom stereocenters. The van der Waals surface area contributed by atoms with E-state index in [9.17, 15) is 9.59 Å². The highest BCUT2D eigenvalue weighted by atomic mass is 16.2. The molecule has 1 fully saturated rings. The van der Waals surface area contributed by atoms with Crippen molar-refractivity contribution in [2.75, 3.05) is 6.54 Å². The lowest BCUT2D eigenvalue weighted by Gasteiger charge is -2.33. The van der Waals surface area contributed by atoms with Gasteiger partial charge in [0.25, 0.3) is 0 Å². The van der Waals surface area contributed by atoms with Gasteiger partial charge in [0, 0.05) is 13.0 Å². The van der Waals surface area contributed by atoms with Crippen molar-refractivity contribution in [2.45, 2.75) is 19.4 Å². The van der Waals surface area contributed by atoms with Gasteiger partial charge in [0.05, 0.1) is 6.04 Å². The summed E-state index contributed by atoms with van der Waals surface area (Å²) in [6, 6.07) is -0.216. The molecule has 9 heavy (non-hydrogen) atoms. The summed E-state index contributed by atoms with van der Waals surface area (Å²) in [5, 5.41) is 0. The average Bonchev–Trinajstić information content (AvgIpc) is 1.84. The molecule has 0 aromatic carbocycles. The highest BCUT2D eigenvalue weighted by Crippen LogP contribution is 2.10. The molecule has 1 amide bonds. The molecule has 0 aliphatic carbocycles. The molecule has 0 radical (unpaired) electrons. The Morgan fingerprint density at radius 3 is 2.56 bits per heavy atom. The van der Waals surface area contributed by atoms with Crippen molar-refractivity contribution in [1.82, 2.24) is 4.90 Å². The highest BCUT2D eigenvalue weighted by molar-refractivity contribution is 5.84. The summed E-state index contributed by atoms with van der Waals surface area (Å²) >= 11 is 0. The van der Waals surface area contributed by atoms with Gasteiger partial charge in [0.2, 0.25) is 5.91 Å². The minimum Gasteiger partial charge on any atom is -0.333 e. The van der Waals surface area contributed by atoms with Gasteiger partial charge in [0.15, 0.2) is 0 Å². The predicted molar refractivity (Wildman–Crippen MR) is 31.9 cm³/mol. The quantitative estimate of drug-likeness (QED) is 0.380. The molecule has 0 N–H and O–H groups in total. The van der Waals surface area contributed by atoms with Gasteiger partial charge in [0.1, 0.15) is 6.29 Å². The number of carbonyl (C=O) groups excluding carboxylic acids is 2. The summed E-state index contributed by atoms with van der Waals surface area (Å²) in [7, 11) is 0. The summed E-state index contributed by atoms with van der Waals surface area (Å²) in [5.74, 6) is 0.0922. The molecule has 1 aliphatic heterocycles. The second kappa shape index (κ2) is 2.17. The van der Waals surface area contributed by atoms with Crippen LogP contribution in [0.3, 0.4) is 0 Å². The van der Waals surface area contributed by atoms with Crippen molar-refractivity contribution >= 4 is 12.2 Å². The van der Waals surface area contributed by atoms with Crippen molar-refractivity contribution in [1.29, 1.82) is 0 Å². The monoisotopic (exact) mass is 127 g/mol. The Morgan fingerprint density at radius 1 is 1.78 bits per heavy atom. The van der Waals surface area contributed by atoms with Gasteiger partial charge in [-0.1, -0.05) is 0 Å². The van der Waals surface area contributed by atoms with E-state index >= 15 is 0 Å². The molecule has 1 atom stereocenters. The third kappa shape index (κ3) is 0.943. The number of hydrogen-bond donors (Lipinski definition) is 0. The van der Waals surface area contributed by atoms with Gasteiger partial charge < -0.3 is 9.69 Å². The molecule has 0 aromatic rings. The topological polar surface area (TPSA) is 37.4 Å². The molecule has 0 bridgehead atoms. The number of amides is 1. The number of β-lactam (4-membered cyclic amide) rings is 1. The van der Waals surface area contributed by atoms with Crippen LogP contribution in [0, 0.1) is 0 Å². The zero-order valence-corrected chi connectivity index (χ0v) is 5.33. The SMILES string of the molecule is C[C@H](C=O)N1CCC1=O. The van der Waals surface area contributed by atoms with Gasteiger partial charge in [-0.3, -0.25) is 4.79 Å². The summed E-state index contributed by atoms with van der Waals surface area (Å²) in [5.41, 5.74) is 0. The Morgan fingerprint density at radius 2 is 2.44 bits per heavy atom. The third-order valence-corrected chi connectivity index (χ3v) is 1.58. The van der Waals surface area contributed by atoms with Crippen LogP contribution in [0.15, 0.2) is 0 Å². The van der Waals surface area contributed by atoms with Crippen molar-refractivity contribution < 1.29 is 9.59 Å². The number of carbonyl (C=O) groups is 2. The molecule has 3 nitrogen and oxygen atoms in total. The van der Waals surface area contributed by atoms with Crippen LogP contribution in [0.2, 0.25) is 0 Å². The lowest BCUT2D eigenvalue weighted by molar-refractivity contribution is -0.144. The van der Waals surface area contributed by atoms with Crippen LogP contribution in [0.1, 0.15) is 13.3 Å². The number of nitrogens with zero attached hydrogens (tertiary/aromatic N) is 1. The summed E-state index contributed by atoms with van der Waals surface area (Å²) < 4.78 is 0. The number of aldehydes is 1. The van der Waals surface area contributed by atoms with E-state index in [-0.39, 0.29) is 11.9 Å². The van der Waals surface area contributed by atoms with E-state index in [1.54, 1.807) is 11.8 Å². The van der Waals surface area contributed by atoms with Gasteiger partial charge in [-0.2, -0.15) is 0 Å². The van der Waals surface area contributed by atoms with Crippen molar-refractivity contribution in [3.05, 3.63) is 0 Å². The molecule has 1 saturated heterocycles. The first kappa shape index (κ1) is 6.26. The number of likely N-dealkylation sites (tertiary alicyclic amines) is 1. The van der Waals surface area contributed by atoms with E-state index in [4.69, 9.17) is 0 Å². The first-order valence-corrected chi connectivity index (χ1v) is 3.00. The summed E-state index contributed by atoms with van der Waals surface area (Å²) in [6.07, 6.45) is 1.40. The van der Waals surface area contributed by atoms with Crippen LogP contribution < -0.4 is 0 Å². The van der Waals surface area contributed by atoms with E-state index in [1.807, 2.05) is 0 Å². The van der Waals surface area contributed by atoms with Gasteiger partial charge in [-0.25, -0.2) is 0 Å². The van der Waals surface area contributed by atoms with Crippen LogP contribution in [0.4, 0.5) is 0 Å². The Bertz CT molecular complexity index is 144. The Hall–Kier alpha value is -0.860. The van der Waals surface area contributed by atoms with Crippen LogP contribution >= 0.6 is 0 Å². The summed E-state index contributed by atoms with van der Waals surface area (Å²) in [4.78, 5) is 22.3. The van der Waals surface area contributed by atoms with Crippen LogP contribution in [0.5, 0.6) is 0 Å². The molecule has 1 heterocycles. The molecule has 0 spiro atoms. The maximum Gasteiger partial charge on any atom is 0.224 e. The van der Waals surface area contributed by atoms with Crippen molar-refractivity contribution in [3.8, 4) is 0 Å². The van der Waals surface area contributed by atoms with Crippen LogP contribution in [-0.2, 0) is 9.59 Å². The fourth-order valence-corrected chi connectivity index (χ4v) is 0.836. The zero-order chi connectivity index (χ0) is 6.85. The van der Waals surface area contributed by atoms with Crippen molar-refractivity contribution in [2.24, 2.45) is 0 Å². The number of hydrogen-bond acceptors (Lipinski definition) is 2. The van der Waals surface area contributed by atoms with Crippen LogP contribution in [0.25, 0.3) is 0 Å². The Labute approximate surface area is 53.6 Å². The molecular weight excluding hydrogens is 118 g/mol. The second-order valence-electron chi connectivity index (χ2n) is 2.21. The average molecular weight is 127 g/mol. The Balaban J connectivity index is 2.43. The van der Waals surface area contributed by atoms with Gasteiger partial charge in [-0.15, -0.1) is 0 Å². The largest absolute Gasteiger partial charge is 0.333 e. The predicted octanol–water partition coefficient (Wildman–Crippen LogP) is -0.194. The smallest absolute Gasteiger partial charge is 0.224 e. The van der Waals surface area contributed by atoms with E-state index < -0.39 is 0 Å². The second-order valence-corrected chi connectivity index (χ2v) is 2.21. The number of rotatable bonds is 2. The molecule has 1 rings (SSSR count). The molecule has 3 heteroatoms. The van der Waals surface area contributed by atoms with Crippen LogP contribution in [-0.4, -0.2) is 29.7 Å². The highest BCUT2D eigenvalue weighted by Gasteiger charge is 2.27. The molecule has 50 valence electrons. The standard InChI is InChI=1S/C6H9NO2/c1-5(4-8)7-3-2-6(7)9/h4-5H,2-3H2,1H3/t5-/m1/s1.